The molecule has 1 amide bonds. The lowest BCUT2D eigenvalue weighted by Crippen LogP contribution is -2.34. The van der Waals surface area contributed by atoms with Gasteiger partial charge in [0, 0.05) is 17.5 Å². The molecular weight excluding hydrogens is 278 g/mol. The Balaban J connectivity index is 1.82. The number of carbonyl (C=O) groups excluding carboxylic acids is 1. The first-order valence-electron chi connectivity index (χ1n) is 6.82. The van der Waals surface area contributed by atoms with E-state index in [1.165, 1.54) is 0 Å². The van der Waals surface area contributed by atoms with E-state index in [0.29, 0.717) is 37.3 Å². The van der Waals surface area contributed by atoms with Gasteiger partial charge in [0.25, 0.3) is 0 Å². The molecule has 2 N–H and O–H groups in total. The van der Waals surface area contributed by atoms with Gasteiger partial charge in [0.15, 0.2) is 0 Å². The van der Waals surface area contributed by atoms with Crippen molar-refractivity contribution >= 4 is 23.5 Å². The molecule has 4 nitrogen and oxygen atoms in total. The van der Waals surface area contributed by atoms with Gasteiger partial charge < -0.3 is 10.4 Å². The summed E-state index contributed by atoms with van der Waals surface area (Å²) in [5, 5.41) is 12.5. The minimum absolute atomic E-state index is 0.00578. The molecule has 0 spiro atoms. The van der Waals surface area contributed by atoms with Crippen LogP contribution in [-0.4, -0.2) is 17.0 Å². The molecule has 1 aromatic rings. The number of hydrogen-bond acceptors (Lipinski definition) is 2. The average Bonchev–Trinajstić information content (AvgIpc) is 2.46. The van der Waals surface area contributed by atoms with Gasteiger partial charge in [-0.05, 0) is 37.3 Å². The number of benzene rings is 1. The molecule has 1 saturated carbocycles. The first kappa shape index (κ1) is 14.9. The molecule has 1 aromatic carbocycles. The molecular formula is C15H18ClNO3. The van der Waals surface area contributed by atoms with Crippen LogP contribution in [0.4, 0.5) is 0 Å². The summed E-state index contributed by atoms with van der Waals surface area (Å²) in [6, 6.07) is 7.40. The van der Waals surface area contributed by atoms with Crippen molar-refractivity contribution in [2.24, 2.45) is 11.8 Å². The quantitative estimate of drug-likeness (QED) is 0.897. The van der Waals surface area contributed by atoms with Crippen LogP contribution >= 0.6 is 11.6 Å². The van der Waals surface area contributed by atoms with Crippen LogP contribution in [0, 0.1) is 11.8 Å². The number of amides is 1. The highest BCUT2D eigenvalue weighted by molar-refractivity contribution is 6.31. The zero-order valence-corrected chi connectivity index (χ0v) is 11.9. The third kappa shape index (κ3) is 3.73. The Labute approximate surface area is 123 Å². The number of carboxylic acid groups (broad SMARTS) is 1. The standard InChI is InChI=1S/C15H18ClNO3/c16-13-4-2-1-3-12(13)9-17-14(18)10-5-7-11(8-6-10)15(19)20/h1-4,10-11H,5-9H2,(H,17,18)(H,19,20). The van der Waals surface area contributed by atoms with Crippen molar-refractivity contribution in [3.8, 4) is 0 Å². The number of halogens is 1. The molecule has 0 bridgehead atoms. The van der Waals surface area contributed by atoms with Gasteiger partial charge in [-0.1, -0.05) is 29.8 Å². The number of hydrogen-bond donors (Lipinski definition) is 2. The Morgan fingerprint density at radius 2 is 1.75 bits per heavy atom. The summed E-state index contributed by atoms with van der Waals surface area (Å²) in [7, 11) is 0. The maximum Gasteiger partial charge on any atom is 0.306 e. The second-order valence-corrected chi connectivity index (χ2v) is 5.60. The van der Waals surface area contributed by atoms with Crippen molar-refractivity contribution in [3.05, 3.63) is 34.9 Å². The highest BCUT2D eigenvalue weighted by Gasteiger charge is 2.29. The zero-order chi connectivity index (χ0) is 14.5. The summed E-state index contributed by atoms with van der Waals surface area (Å²) < 4.78 is 0. The number of aliphatic carboxylic acids is 1. The number of carboxylic acids is 1. The first-order chi connectivity index (χ1) is 9.58. The van der Waals surface area contributed by atoms with Gasteiger partial charge in [-0.3, -0.25) is 9.59 Å². The summed E-state index contributed by atoms with van der Waals surface area (Å²) >= 11 is 6.03. The van der Waals surface area contributed by atoms with Gasteiger partial charge >= 0.3 is 5.97 Å². The highest BCUT2D eigenvalue weighted by atomic mass is 35.5. The third-order valence-electron chi connectivity index (χ3n) is 3.86. The van der Waals surface area contributed by atoms with Crippen molar-refractivity contribution in [3.63, 3.8) is 0 Å². The Kier molecular flexibility index (Phi) is 5.01. The van der Waals surface area contributed by atoms with Crippen molar-refractivity contribution in [1.82, 2.24) is 5.32 Å². The minimum Gasteiger partial charge on any atom is -0.481 e. The van der Waals surface area contributed by atoms with Crippen molar-refractivity contribution in [1.29, 1.82) is 0 Å². The molecule has 0 radical (unpaired) electrons. The van der Waals surface area contributed by atoms with Gasteiger partial charge in [-0.25, -0.2) is 0 Å². The van der Waals surface area contributed by atoms with Crippen LogP contribution < -0.4 is 5.32 Å². The van der Waals surface area contributed by atoms with E-state index >= 15 is 0 Å². The van der Waals surface area contributed by atoms with Gasteiger partial charge in [0.05, 0.1) is 5.92 Å². The molecule has 0 unspecified atom stereocenters. The van der Waals surface area contributed by atoms with Crippen molar-refractivity contribution in [2.45, 2.75) is 32.2 Å². The van der Waals surface area contributed by atoms with Crippen LogP contribution in [0.1, 0.15) is 31.2 Å². The van der Waals surface area contributed by atoms with Gasteiger partial charge in [-0.15, -0.1) is 0 Å². The van der Waals surface area contributed by atoms with E-state index in [1.54, 1.807) is 6.07 Å². The molecule has 2 rings (SSSR count). The van der Waals surface area contributed by atoms with Crippen LogP contribution in [0.2, 0.25) is 5.02 Å². The Morgan fingerprint density at radius 3 is 2.35 bits per heavy atom. The first-order valence-corrected chi connectivity index (χ1v) is 7.19. The predicted molar refractivity (Wildman–Crippen MR) is 76.4 cm³/mol. The number of carbonyl (C=O) groups is 2. The smallest absolute Gasteiger partial charge is 0.306 e. The molecule has 1 aliphatic rings. The molecule has 108 valence electrons. The summed E-state index contributed by atoms with van der Waals surface area (Å²) in [4.78, 5) is 22.9. The summed E-state index contributed by atoms with van der Waals surface area (Å²) in [6.45, 7) is 0.414. The van der Waals surface area contributed by atoms with Crippen LogP contribution in [0.5, 0.6) is 0 Å². The van der Waals surface area contributed by atoms with Crippen molar-refractivity contribution in [2.75, 3.05) is 0 Å². The molecule has 0 heterocycles. The molecule has 0 atom stereocenters. The molecule has 1 aliphatic carbocycles. The van der Waals surface area contributed by atoms with E-state index in [1.807, 2.05) is 18.2 Å². The van der Waals surface area contributed by atoms with E-state index in [-0.39, 0.29) is 17.7 Å². The predicted octanol–water partition coefficient (Wildman–Crippen LogP) is 2.85. The Morgan fingerprint density at radius 1 is 1.15 bits per heavy atom. The lowest BCUT2D eigenvalue weighted by atomic mass is 9.81. The maximum atomic E-state index is 12.1. The molecule has 1 fully saturated rings. The molecule has 0 aliphatic heterocycles. The maximum absolute atomic E-state index is 12.1. The lowest BCUT2D eigenvalue weighted by molar-refractivity contribution is -0.144. The number of rotatable bonds is 4. The van der Waals surface area contributed by atoms with Crippen LogP contribution in [0.15, 0.2) is 24.3 Å². The minimum atomic E-state index is -0.750. The topological polar surface area (TPSA) is 66.4 Å². The normalized spacial score (nSPS) is 22.2. The van der Waals surface area contributed by atoms with Gasteiger partial charge in [0.1, 0.15) is 0 Å². The van der Waals surface area contributed by atoms with E-state index in [4.69, 9.17) is 16.7 Å². The summed E-state index contributed by atoms with van der Waals surface area (Å²) in [6.07, 6.45) is 2.45. The largest absolute Gasteiger partial charge is 0.481 e. The third-order valence-corrected chi connectivity index (χ3v) is 4.23. The summed E-state index contributed by atoms with van der Waals surface area (Å²) in [5.74, 6) is -1.12. The van der Waals surface area contributed by atoms with E-state index in [9.17, 15) is 9.59 Å². The average molecular weight is 296 g/mol. The van der Waals surface area contributed by atoms with Crippen LogP contribution in [-0.2, 0) is 16.1 Å². The van der Waals surface area contributed by atoms with Gasteiger partial charge in [0.2, 0.25) is 5.91 Å². The monoisotopic (exact) mass is 295 g/mol. The molecule has 20 heavy (non-hydrogen) atoms. The SMILES string of the molecule is O=C(O)C1CCC(C(=O)NCc2ccccc2Cl)CC1. The van der Waals surface area contributed by atoms with E-state index in [2.05, 4.69) is 5.32 Å². The molecule has 5 heteroatoms. The second kappa shape index (κ2) is 6.75. The van der Waals surface area contributed by atoms with Crippen LogP contribution in [0.3, 0.4) is 0 Å². The van der Waals surface area contributed by atoms with Crippen LogP contribution in [0.25, 0.3) is 0 Å². The second-order valence-electron chi connectivity index (χ2n) is 5.20. The fourth-order valence-corrected chi connectivity index (χ4v) is 2.77. The molecule has 0 saturated heterocycles. The lowest BCUT2D eigenvalue weighted by Gasteiger charge is -2.25. The van der Waals surface area contributed by atoms with E-state index < -0.39 is 5.97 Å². The number of nitrogens with one attached hydrogen (secondary N) is 1. The fourth-order valence-electron chi connectivity index (χ4n) is 2.57. The Bertz CT molecular complexity index is 496. The fraction of sp³-hybridized carbons (Fsp3) is 0.467. The zero-order valence-electron chi connectivity index (χ0n) is 11.1. The molecule has 0 aromatic heterocycles. The Hall–Kier alpha value is -1.55. The van der Waals surface area contributed by atoms with E-state index in [0.717, 1.165) is 5.56 Å². The van der Waals surface area contributed by atoms with Gasteiger partial charge in [-0.2, -0.15) is 0 Å². The van der Waals surface area contributed by atoms with Crippen molar-refractivity contribution < 1.29 is 14.7 Å². The summed E-state index contributed by atoms with van der Waals surface area (Å²) in [5.41, 5.74) is 0.890. The highest BCUT2D eigenvalue weighted by Crippen LogP contribution is 2.29.